The summed E-state index contributed by atoms with van der Waals surface area (Å²) in [6.45, 7) is 4.07. The minimum Gasteiger partial charge on any atom is -0.389 e. The van der Waals surface area contributed by atoms with Gasteiger partial charge in [0.1, 0.15) is 0 Å². The number of likely N-dealkylation sites (tertiary alicyclic amines) is 1. The molecule has 1 aromatic rings. The van der Waals surface area contributed by atoms with Gasteiger partial charge < -0.3 is 14.7 Å². The average molecular weight is 306 g/mol. The van der Waals surface area contributed by atoms with Crippen LogP contribution in [-0.4, -0.2) is 42.4 Å². The molecule has 2 heterocycles. The van der Waals surface area contributed by atoms with Gasteiger partial charge in [-0.1, -0.05) is 18.9 Å². The molecule has 3 nitrogen and oxygen atoms in total. The second-order valence-electron chi connectivity index (χ2n) is 4.96. The molecule has 110 valence electrons. The SMILES string of the molecule is Cl.OC(COCc1cccs1)CN1CCCCCC1. The van der Waals surface area contributed by atoms with Gasteiger partial charge >= 0.3 is 0 Å². The lowest BCUT2D eigenvalue weighted by Crippen LogP contribution is -2.35. The second-order valence-corrected chi connectivity index (χ2v) is 6.00. The van der Waals surface area contributed by atoms with E-state index in [4.69, 9.17) is 4.74 Å². The standard InChI is InChI=1S/C14H23NO2S.ClH/c16-13(10-15-7-3-1-2-4-8-15)11-17-12-14-6-5-9-18-14;/h5-6,9,13,16H,1-4,7-8,10-12H2;1H. The highest BCUT2D eigenvalue weighted by Crippen LogP contribution is 2.11. The Hall–Kier alpha value is -0.130. The van der Waals surface area contributed by atoms with Crippen molar-refractivity contribution in [3.05, 3.63) is 22.4 Å². The summed E-state index contributed by atoms with van der Waals surface area (Å²) in [5.74, 6) is 0. The first-order valence-corrected chi connectivity index (χ1v) is 7.73. The van der Waals surface area contributed by atoms with E-state index in [2.05, 4.69) is 11.0 Å². The zero-order valence-electron chi connectivity index (χ0n) is 11.3. The summed E-state index contributed by atoms with van der Waals surface area (Å²) in [6, 6.07) is 4.09. The van der Waals surface area contributed by atoms with Gasteiger partial charge in [-0.05, 0) is 37.4 Å². The van der Waals surface area contributed by atoms with Crippen molar-refractivity contribution in [1.29, 1.82) is 0 Å². The monoisotopic (exact) mass is 305 g/mol. The first kappa shape index (κ1) is 16.9. The van der Waals surface area contributed by atoms with Gasteiger partial charge in [-0.2, -0.15) is 0 Å². The Kier molecular flexibility index (Phi) is 8.66. The van der Waals surface area contributed by atoms with Gasteiger partial charge in [0, 0.05) is 11.4 Å². The average Bonchev–Trinajstić information content (AvgIpc) is 2.74. The highest BCUT2D eigenvalue weighted by Gasteiger charge is 2.13. The molecule has 0 amide bonds. The van der Waals surface area contributed by atoms with E-state index in [1.807, 2.05) is 11.4 Å². The van der Waals surface area contributed by atoms with Crippen LogP contribution in [-0.2, 0) is 11.3 Å². The normalized spacial score (nSPS) is 18.6. The summed E-state index contributed by atoms with van der Waals surface area (Å²) >= 11 is 1.70. The molecule has 1 aliphatic rings. The Morgan fingerprint density at radius 1 is 1.26 bits per heavy atom. The van der Waals surface area contributed by atoms with Crippen molar-refractivity contribution in [3.8, 4) is 0 Å². The van der Waals surface area contributed by atoms with Crippen LogP contribution in [0.15, 0.2) is 17.5 Å². The molecule has 1 saturated heterocycles. The van der Waals surface area contributed by atoms with Gasteiger partial charge in [-0.25, -0.2) is 0 Å². The Morgan fingerprint density at radius 2 is 2.00 bits per heavy atom. The van der Waals surface area contributed by atoms with Crippen LogP contribution < -0.4 is 0 Å². The largest absolute Gasteiger partial charge is 0.389 e. The predicted molar refractivity (Wildman–Crippen MR) is 82.1 cm³/mol. The predicted octanol–water partition coefficient (Wildman–Crippen LogP) is 2.92. The molecule has 5 heteroatoms. The van der Waals surface area contributed by atoms with Crippen LogP contribution in [0.3, 0.4) is 0 Å². The van der Waals surface area contributed by atoms with Crippen LogP contribution in [0.25, 0.3) is 0 Å². The number of hydrogen-bond donors (Lipinski definition) is 1. The number of aliphatic hydroxyl groups is 1. The molecule has 1 fully saturated rings. The molecule has 19 heavy (non-hydrogen) atoms. The molecule has 1 aromatic heterocycles. The van der Waals surface area contributed by atoms with Gasteiger partial charge in [0.15, 0.2) is 0 Å². The van der Waals surface area contributed by atoms with E-state index in [-0.39, 0.29) is 18.5 Å². The smallest absolute Gasteiger partial charge is 0.0900 e. The molecule has 0 saturated carbocycles. The quantitative estimate of drug-likeness (QED) is 0.877. The Balaban J connectivity index is 0.00000180. The third-order valence-corrected chi connectivity index (χ3v) is 4.15. The number of nitrogens with zero attached hydrogens (tertiary/aromatic N) is 1. The van der Waals surface area contributed by atoms with E-state index in [0.717, 1.165) is 19.6 Å². The molecule has 1 atom stereocenters. The Morgan fingerprint density at radius 3 is 2.63 bits per heavy atom. The van der Waals surface area contributed by atoms with Crippen molar-refractivity contribution in [3.63, 3.8) is 0 Å². The van der Waals surface area contributed by atoms with E-state index in [9.17, 15) is 5.11 Å². The number of hydrogen-bond acceptors (Lipinski definition) is 4. The molecule has 0 aliphatic carbocycles. The highest BCUT2D eigenvalue weighted by atomic mass is 35.5. The van der Waals surface area contributed by atoms with Gasteiger partial charge in [-0.15, -0.1) is 23.7 Å². The Bertz CT molecular complexity index is 313. The fourth-order valence-corrected chi connectivity index (χ4v) is 3.00. The summed E-state index contributed by atoms with van der Waals surface area (Å²) < 4.78 is 5.55. The molecular weight excluding hydrogens is 282 g/mol. The van der Waals surface area contributed by atoms with Crippen LogP contribution in [0, 0.1) is 0 Å². The van der Waals surface area contributed by atoms with Crippen LogP contribution in [0.5, 0.6) is 0 Å². The van der Waals surface area contributed by atoms with Crippen LogP contribution in [0.4, 0.5) is 0 Å². The maximum absolute atomic E-state index is 9.96. The topological polar surface area (TPSA) is 32.7 Å². The zero-order valence-corrected chi connectivity index (χ0v) is 12.9. The lowest BCUT2D eigenvalue weighted by molar-refractivity contribution is 0.0112. The molecule has 1 aliphatic heterocycles. The van der Waals surface area contributed by atoms with E-state index in [0.29, 0.717) is 13.2 Å². The lowest BCUT2D eigenvalue weighted by Gasteiger charge is -2.22. The number of thiophene rings is 1. The van der Waals surface area contributed by atoms with Gasteiger partial charge in [-0.3, -0.25) is 0 Å². The number of halogens is 1. The number of aliphatic hydroxyl groups excluding tert-OH is 1. The van der Waals surface area contributed by atoms with E-state index in [1.165, 1.54) is 30.6 Å². The summed E-state index contributed by atoms with van der Waals surface area (Å²) in [4.78, 5) is 3.59. The van der Waals surface area contributed by atoms with E-state index < -0.39 is 0 Å². The molecule has 2 rings (SSSR count). The summed E-state index contributed by atoms with van der Waals surface area (Å²) in [6.07, 6.45) is 4.84. The van der Waals surface area contributed by atoms with E-state index in [1.54, 1.807) is 11.3 Å². The molecule has 1 N–H and O–H groups in total. The van der Waals surface area contributed by atoms with Crippen molar-refractivity contribution in [2.24, 2.45) is 0 Å². The van der Waals surface area contributed by atoms with Gasteiger partial charge in [0.05, 0.1) is 19.3 Å². The van der Waals surface area contributed by atoms with Crippen molar-refractivity contribution in [2.75, 3.05) is 26.2 Å². The van der Waals surface area contributed by atoms with Gasteiger partial charge in [0.25, 0.3) is 0 Å². The number of β-amino-alcohol motifs (C(OH)–C–C–N with tert-alkyl or cyclic N) is 1. The summed E-state index contributed by atoms with van der Waals surface area (Å²) in [7, 11) is 0. The Labute approximate surface area is 126 Å². The summed E-state index contributed by atoms with van der Waals surface area (Å²) in [5.41, 5.74) is 0. The maximum atomic E-state index is 9.96. The van der Waals surface area contributed by atoms with Gasteiger partial charge in [0.2, 0.25) is 0 Å². The molecule has 0 bridgehead atoms. The summed E-state index contributed by atoms with van der Waals surface area (Å²) in [5, 5.41) is 12.0. The molecule has 1 unspecified atom stereocenters. The first-order valence-electron chi connectivity index (χ1n) is 6.85. The minimum absolute atomic E-state index is 0. The van der Waals surface area contributed by atoms with Crippen molar-refractivity contribution in [1.82, 2.24) is 4.90 Å². The van der Waals surface area contributed by atoms with Crippen molar-refractivity contribution >= 4 is 23.7 Å². The third kappa shape index (κ3) is 6.72. The molecule has 0 spiro atoms. The fraction of sp³-hybridized carbons (Fsp3) is 0.714. The maximum Gasteiger partial charge on any atom is 0.0900 e. The van der Waals surface area contributed by atoms with Crippen LogP contribution in [0.2, 0.25) is 0 Å². The van der Waals surface area contributed by atoms with E-state index >= 15 is 0 Å². The molecule has 0 aromatic carbocycles. The number of ether oxygens (including phenoxy) is 1. The van der Waals surface area contributed by atoms with Crippen LogP contribution in [0.1, 0.15) is 30.6 Å². The minimum atomic E-state index is -0.358. The second kappa shape index (κ2) is 9.72. The molecular formula is C14H24ClNO2S. The van der Waals surface area contributed by atoms with Crippen molar-refractivity contribution in [2.45, 2.75) is 38.4 Å². The zero-order chi connectivity index (χ0) is 12.6. The number of rotatable bonds is 6. The molecule has 0 radical (unpaired) electrons. The first-order chi connectivity index (χ1) is 8.84. The third-order valence-electron chi connectivity index (χ3n) is 3.30. The van der Waals surface area contributed by atoms with Crippen molar-refractivity contribution < 1.29 is 9.84 Å². The van der Waals surface area contributed by atoms with Crippen LogP contribution >= 0.6 is 23.7 Å². The fourth-order valence-electron chi connectivity index (χ4n) is 2.36. The lowest BCUT2D eigenvalue weighted by atomic mass is 10.2. The highest BCUT2D eigenvalue weighted by molar-refractivity contribution is 7.09.